The summed E-state index contributed by atoms with van der Waals surface area (Å²) in [6, 6.07) is 0. The molecule has 0 saturated carbocycles. The second kappa shape index (κ2) is 24.0. The van der Waals surface area contributed by atoms with Crippen molar-refractivity contribution in [2.24, 2.45) is 0 Å². The van der Waals surface area contributed by atoms with Crippen molar-refractivity contribution >= 4 is 35.5 Å². The number of hydrogen-bond donors (Lipinski definition) is 0. The maximum Gasteiger partial charge on any atom is 0.316 e. The first-order chi connectivity index (χ1) is 0. The summed E-state index contributed by atoms with van der Waals surface area (Å²) >= 11 is 0. The predicted molar refractivity (Wildman–Crippen MR) is 19.4 cm³/mol. The summed E-state index contributed by atoms with van der Waals surface area (Å²) in [4.78, 5) is 0. The topological polar surface area (TPSA) is 31.5 Å². The number of hydrogen-bond acceptors (Lipinski definition) is 0. The van der Waals surface area contributed by atoms with E-state index in [0.717, 1.165) is 0 Å². The van der Waals surface area contributed by atoms with Crippen molar-refractivity contribution in [1.82, 2.24) is 0 Å². The van der Waals surface area contributed by atoms with E-state index in [-0.39, 0.29) is 58.0 Å². The van der Waals surface area contributed by atoms with Crippen LogP contribution >= 0.6 is 12.4 Å². The minimum absolute atomic E-state index is 0. The van der Waals surface area contributed by atoms with Gasteiger partial charge in [0, 0.05) is 17.1 Å². The van der Waals surface area contributed by atoms with Gasteiger partial charge < -0.3 is 5.48 Å². The van der Waals surface area contributed by atoms with E-state index in [1.165, 1.54) is 0 Å². The Kier molecular flexibility index (Phi) is 290. The molecule has 1 radical (unpaired) electrons. The molecular weight excluding hydrogens is 131 g/mol. The van der Waals surface area contributed by atoms with Crippen LogP contribution in [0.4, 0.5) is 0 Å². The van der Waals surface area contributed by atoms with Gasteiger partial charge in [-0.25, -0.2) is 0 Å². The standard InChI is InChI=1S/ClH.Mg.Mn.H2O.2H/h1H;;;1H2;;. The van der Waals surface area contributed by atoms with Crippen LogP contribution in [-0.4, -0.2) is 28.5 Å². The smallest absolute Gasteiger partial charge is 0.316 e. The minimum atomic E-state index is 0. The summed E-state index contributed by atoms with van der Waals surface area (Å²) in [6.45, 7) is 0. The number of halogens is 1. The molecule has 0 amide bonds. The summed E-state index contributed by atoms with van der Waals surface area (Å²) in [5.41, 5.74) is 0. The Morgan fingerprint density at radius 3 is 1.00 bits per heavy atom. The van der Waals surface area contributed by atoms with Crippen molar-refractivity contribution in [3.8, 4) is 0 Å². The molecule has 0 aromatic carbocycles. The third-order valence-electron chi connectivity index (χ3n) is 0. The van der Waals surface area contributed by atoms with E-state index in [4.69, 9.17) is 0 Å². The molecule has 4 heavy (non-hydrogen) atoms. The molecule has 0 fully saturated rings. The SMILES string of the molecule is Cl.O.[MgH2].[Mn]. The van der Waals surface area contributed by atoms with Gasteiger partial charge in [-0.15, -0.1) is 12.4 Å². The Bertz CT molecular complexity index is 8.00. The molecule has 0 aliphatic carbocycles. The summed E-state index contributed by atoms with van der Waals surface area (Å²) < 4.78 is 0. The van der Waals surface area contributed by atoms with Crippen molar-refractivity contribution in [3.05, 3.63) is 0 Å². The van der Waals surface area contributed by atoms with Crippen LogP contribution in [0.3, 0.4) is 0 Å². The van der Waals surface area contributed by atoms with E-state index in [1.54, 1.807) is 0 Å². The van der Waals surface area contributed by atoms with Gasteiger partial charge in [0.2, 0.25) is 0 Å². The summed E-state index contributed by atoms with van der Waals surface area (Å²) in [7, 11) is 0. The zero-order valence-electron chi connectivity index (χ0n) is 1.29. The third kappa shape index (κ3) is 9.64. The molecule has 0 heterocycles. The van der Waals surface area contributed by atoms with E-state index in [9.17, 15) is 0 Å². The van der Waals surface area contributed by atoms with E-state index in [2.05, 4.69) is 0 Å². The first-order valence-corrected chi connectivity index (χ1v) is 0. The van der Waals surface area contributed by atoms with E-state index >= 15 is 0 Å². The second-order valence-corrected chi connectivity index (χ2v) is 0. The fourth-order valence-electron chi connectivity index (χ4n) is 0. The van der Waals surface area contributed by atoms with E-state index in [1.807, 2.05) is 0 Å². The normalized spacial score (nSPS) is 0. The Morgan fingerprint density at radius 2 is 1.00 bits per heavy atom. The van der Waals surface area contributed by atoms with Crippen LogP contribution in [0.25, 0.3) is 0 Å². The van der Waals surface area contributed by atoms with Gasteiger partial charge in [-0.3, -0.25) is 0 Å². The maximum atomic E-state index is 0. The summed E-state index contributed by atoms with van der Waals surface area (Å²) in [6.07, 6.45) is 0. The minimum Gasteiger partial charge on any atom is -0.412 e. The quantitative estimate of drug-likeness (QED) is 0.369. The fourth-order valence-corrected chi connectivity index (χ4v) is 0. The summed E-state index contributed by atoms with van der Waals surface area (Å²) in [5.74, 6) is 0. The van der Waals surface area contributed by atoms with Gasteiger partial charge in [-0.1, -0.05) is 0 Å². The Morgan fingerprint density at radius 1 is 1.00 bits per heavy atom. The van der Waals surface area contributed by atoms with Crippen LogP contribution in [0.5, 0.6) is 0 Å². The molecule has 0 aromatic rings. The second-order valence-electron chi connectivity index (χ2n) is 0. The summed E-state index contributed by atoms with van der Waals surface area (Å²) in [5, 5.41) is 0. The average Bonchev–Trinajstić information content (AvgIpc) is 0. The van der Waals surface area contributed by atoms with Gasteiger partial charge in [-0.05, 0) is 0 Å². The molecule has 0 aliphatic heterocycles. The molecule has 0 unspecified atom stereocenters. The third-order valence-corrected chi connectivity index (χ3v) is 0. The monoisotopic (exact) mass is 135 g/mol. The Labute approximate surface area is 57.9 Å². The zero-order chi connectivity index (χ0) is 0. The van der Waals surface area contributed by atoms with Crippen LogP contribution in [-0.2, 0) is 17.1 Å². The fraction of sp³-hybridized carbons (Fsp3) is 0. The van der Waals surface area contributed by atoms with E-state index in [0.29, 0.717) is 0 Å². The molecule has 0 rings (SSSR count). The van der Waals surface area contributed by atoms with Gasteiger partial charge in [0.1, 0.15) is 0 Å². The van der Waals surface area contributed by atoms with Crippen LogP contribution in [0.2, 0.25) is 0 Å². The molecule has 0 aromatic heterocycles. The van der Waals surface area contributed by atoms with Gasteiger partial charge in [0.25, 0.3) is 0 Å². The molecule has 27 valence electrons. The van der Waals surface area contributed by atoms with Crippen LogP contribution < -0.4 is 0 Å². The first kappa shape index (κ1) is 48.3. The van der Waals surface area contributed by atoms with Gasteiger partial charge in [0.15, 0.2) is 0 Å². The van der Waals surface area contributed by atoms with Crippen molar-refractivity contribution in [3.63, 3.8) is 0 Å². The molecule has 0 spiro atoms. The number of rotatable bonds is 0. The Balaban J connectivity index is 0. The molecule has 1 nitrogen and oxygen atoms in total. The zero-order valence-corrected chi connectivity index (χ0v) is 3.28. The van der Waals surface area contributed by atoms with Crippen LogP contribution in [0.1, 0.15) is 0 Å². The van der Waals surface area contributed by atoms with Crippen molar-refractivity contribution in [2.45, 2.75) is 0 Å². The molecule has 0 atom stereocenters. The maximum absolute atomic E-state index is 0. The largest absolute Gasteiger partial charge is 0.412 e. The molecule has 0 bridgehead atoms. The van der Waals surface area contributed by atoms with Crippen LogP contribution in [0.15, 0.2) is 0 Å². The Hall–Kier alpha value is 1.54. The predicted octanol–water partition coefficient (Wildman–Crippen LogP) is -1.32. The van der Waals surface area contributed by atoms with E-state index < -0.39 is 0 Å². The first-order valence-electron chi connectivity index (χ1n) is 0. The van der Waals surface area contributed by atoms with Crippen molar-refractivity contribution < 1.29 is 22.5 Å². The molecule has 2 N–H and O–H groups in total. The average molecular weight is 136 g/mol. The molecule has 4 heteroatoms. The molecule has 0 aliphatic rings. The van der Waals surface area contributed by atoms with Crippen LogP contribution in [0, 0.1) is 0 Å². The van der Waals surface area contributed by atoms with Crippen molar-refractivity contribution in [2.75, 3.05) is 0 Å². The molecule has 0 saturated heterocycles. The van der Waals surface area contributed by atoms with Gasteiger partial charge in [0.05, 0.1) is 0 Å². The van der Waals surface area contributed by atoms with Gasteiger partial charge >= 0.3 is 23.1 Å². The molecular formula is H5ClMgMnO. The van der Waals surface area contributed by atoms with Gasteiger partial charge in [-0.2, -0.15) is 0 Å². The van der Waals surface area contributed by atoms with Crippen molar-refractivity contribution in [1.29, 1.82) is 0 Å².